The molecule has 0 spiro atoms. The monoisotopic (exact) mass is 214 g/mol. The van der Waals surface area contributed by atoms with Gasteiger partial charge in [-0.05, 0) is 18.6 Å². The normalized spacial score (nSPS) is 12.5. The van der Waals surface area contributed by atoms with Crippen LogP contribution in [0, 0.1) is 0 Å². The summed E-state index contributed by atoms with van der Waals surface area (Å²) in [6.45, 7) is 2.60. The molecule has 14 heavy (non-hydrogen) atoms. The van der Waals surface area contributed by atoms with Gasteiger partial charge in [0, 0.05) is 18.4 Å². The molecular formula is C10H15ClN2O. The van der Waals surface area contributed by atoms with Crippen LogP contribution >= 0.6 is 11.6 Å². The fourth-order valence-corrected chi connectivity index (χ4v) is 1.36. The highest BCUT2D eigenvalue weighted by molar-refractivity contribution is 6.29. The first-order chi connectivity index (χ1) is 6.72. The summed E-state index contributed by atoms with van der Waals surface area (Å²) in [5.74, 6) is 0. The summed E-state index contributed by atoms with van der Waals surface area (Å²) in [5.41, 5.74) is 0.889. The van der Waals surface area contributed by atoms with Crippen molar-refractivity contribution in [3.8, 4) is 0 Å². The third kappa shape index (κ3) is 3.94. The molecule has 1 aromatic heterocycles. The lowest BCUT2D eigenvalue weighted by atomic mass is 10.2. The number of aromatic nitrogens is 1. The summed E-state index contributed by atoms with van der Waals surface area (Å²) in [6.07, 6.45) is 3.13. The van der Waals surface area contributed by atoms with Crippen molar-refractivity contribution in [1.29, 1.82) is 0 Å². The van der Waals surface area contributed by atoms with E-state index in [2.05, 4.69) is 10.3 Å². The Morgan fingerprint density at radius 1 is 1.64 bits per heavy atom. The standard InChI is InChI=1S/C10H15ClN2O/c1-2-3-9(14)7-13-8-4-5-12-10(11)6-8/h4-6,9,14H,2-3,7H2,1H3,(H,12,13). The Labute approximate surface area is 89.1 Å². The number of nitrogens with one attached hydrogen (secondary N) is 1. The van der Waals surface area contributed by atoms with Gasteiger partial charge >= 0.3 is 0 Å². The van der Waals surface area contributed by atoms with E-state index in [1.807, 2.05) is 13.0 Å². The molecule has 1 aromatic rings. The van der Waals surface area contributed by atoms with E-state index in [1.165, 1.54) is 0 Å². The molecule has 0 bridgehead atoms. The number of pyridine rings is 1. The van der Waals surface area contributed by atoms with E-state index in [0.717, 1.165) is 18.5 Å². The van der Waals surface area contributed by atoms with Crippen LogP contribution in [0.1, 0.15) is 19.8 Å². The van der Waals surface area contributed by atoms with Crippen LogP contribution in [0.4, 0.5) is 5.69 Å². The molecule has 0 aliphatic rings. The van der Waals surface area contributed by atoms with Crippen molar-refractivity contribution >= 4 is 17.3 Å². The summed E-state index contributed by atoms with van der Waals surface area (Å²) in [7, 11) is 0. The number of halogens is 1. The summed E-state index contributed by atoms with van der Waals surface area (Å²) < 4.78 is 0. The van der Waals surface area contributed by atoms with Crippen LogP contribution < -0.4 is 5.32 Å². The quantitative estimate of drug-likeness (QED) is 0.740. The fraction of sp³-hybridized carbons (Fsp3) is 0.500. The molecule has 1 unspecified atom stereocenters. The number of aliphatic hydroxyl groups is 1. The maximum atomic E-state index is 9.47. The van der Waals surface area contributed by atoms with Crippen molar-refractivity contribution < 1.29 is 5.11 Å². The van der Waals surface area contributed by atoms with Gasteiger partial charge in [0.05, 0.1) is 6.10 Å². The number of hydrogen-bond acceptors (Lipinski definition) is 3. The Bertz CT molecular complexity index is 281. The van der Waals surface area contributed by atoms with E-state index in [0.29, 0.717) is 11.7 Å². The molecule has 4 heteroatoms. The van der Waals surface area contributed by atoms with E-state index in [4.69, 9.17) is 11.6 Å². The van der Waals surface area contributed by atoms with Gasteiger partial charge in [-0.1, -0.05) is 24.9 Å². The van der Waals surface area contributed by atoms with Crippen LogP contribution in [0.15, 0.2) is 18.3 Å². The smallest absolute Gasteiger partial charge is 0.131 e. The van der Waals surface area contributed by atoms with Gasteiger partial charge in [-0.15, -0.1) is 0 Å². The molecule has 0 radical (unpaired) electrons. The molecule has 0 aliphatic heterocycles. The van der Waals surface area contributed by atoms with Crippen molar-refractivity contribution in [3.05, 3.63) is 23.5 Å². The zero-order chi connectivity index (χ0) is 10.4. The third-order valence-electron chi connectivity index (χ3n) is 1.89. The van der Waals surface area contributed by atoms with Gasteiger partial charge in [-0.2, -0.15) is 0 Å². The first-order valence-electron chi connectivity index (χ1n) is 4.76. The second kappa shape index (κ2) is 5.83. The second-order valence-corrected chi connectivity index (χ2v) is 3.58. The number of rotatable bonds is 5. The molecular weight excluding hydrogens is 200 g/mol. The largest absolute Gasteiger partial charge is 0.391 e. The SMILES string of the molecule is CCCC(O)CNc1ccnc(Cl)c1. The first-order valence-corrected chi connectivity index (χ1v) is 5.13. The summed E-state index contributed by atoms with van der Waals surface area (Å²) in [4.78, 5) is 3.87. The van der Waals surface area contributed by atoms with Crippen LogP contribution in [0.3, 0.4) is 0 Å². The van der Waals surface area contributed by atoms with Gasteiger partial charge in [0.2, 0.25) is 0 Å². The summed E-state index contributed by atoms with van der Waals surface area (Å²) in [6, 6.07) is 3.56. The van der Waals surface area contributed by atoms with Crippen molar-refractivity contribution in [2.75, 3.05) is 11.9 Å². The van der Waals surface area contributed by atoms with Gasteiger partial charge in [0.1, 0.15) is 5.15 Å². The molecule has 0 saturated carbocycles. The Morgan fingerprint density at radius 3 is 3.07 bits per heavy atom. The maximum Gasteiger partial charge on any atom is 0.131 e. The Kier molecular flexibility index (Phi) is 4.70. The summed E-state index contributed by atoms with van der Waals surface area (Å²) >= 11 is 5.71. The maximum absolute atomic E-state index is 9.47. The minimum atomic E-state index is -0.299. The van der Waals surface area contributed by atoms with Crippen LogP contribution in [0.25, 0.3) is 0 Å². The van der Waals surface area contributed by atoms with Crippen molar-refractivity contribution in [2.24, 2.45) is 0 Å². The highest BCUT2D eigenvalue weighted by Gasteiger charge is 2.01. The lowest BCUT2D eigenvalue weighted by Crippen LogP contribution is -2.18. The van der Waals surface area contributed by atoms with E-state index >= 15 is 0 Å². The van der Waals surface area contributed by atoms with Gasteiger partial charge in [0.25, 0.3) is 0 Å². The molecule has 0 aromatic carbocycles. The predicted molar refractivity (Wildman–Crippen MR) is 58.7 cm³/mol. The highest BCUT2D eigenvalue weighted by atomic mass is 35.5. The Morgan fingerprint density at radius 2 is 2.43 bits per heavy atom. The summed E-state index contributed by atoms with van der Waals surface area (Å²) in [5, 5.41) is 13.0. The van der Waals surface area contributed by atoms with Crippen LogP contribution in [0.5, 0.6) is 0 Å². The zero-order valence-corrected chi connectivity index (χ0v) is 8.96. The molecule has 0 amide bonds. The zero-order valence-electron chi connectivity index (χ0n) is 8.20. The van der Waals surface area contributed by atoms with Gasteiger partial charge in [-0.25, -0.2) is 4.98 Å². The Balaban J connectivity index is 2.37. The minimum Gasteiger partial charge on any atom is -0.391 e. The molecule has 0 saturated heterocycles. The number of aliphatic hydroxyl groups excluding tert-OH is 1. The van der Waals surface area contributed by atoms with E-state index in [1.54, 1.807) is 12.3 Å². The molecule has 1 atom stereocenters. The van der Waals surface area contributed by atoms with Gasteiger partial charge < -0.3 is 10.4 Å². The van der Waals surface area contributed by atoms with E-state index in [-0.39, 0.29) is 6.10 Å². The fourth-order valence-electron chi connectivity index (χ4n) is 1.18. The average Bonchev–Trinajstić information content (AvgIpc) is 2.15. The van der Waals surface area contributed by atoms with Crippen LogP contribution in [0.2, 0.25) is 5.15 Å². The number of anilines is 1. The number of nitrogens with zero attached hydrogens (tertiary/aromatic N) is 1. The molecule has 78 valence electrons. The number of hydrogen-bond donors (Lipinski definition) is 2. The van der Waals surface area contributed by atoms with Crippen LogP contribution in [-0.4, -0.2) is 22.7 Å². The molecule has 1 rings (SSSR count). The van der Waals surface area contributed by atoms with Crippen LogP contribution in [-0.2, 0) is 0 Å². The lowest BCUT2D eigenvalue weighted by molar-refractivity contribution is 0.176. The predicted octanol–water partition coefficient (Wildman–Crippen LogP) is 2.31. The molecule has 2 N–H and O–H groups in total. The topological polar surface area (TPSA) is 45.1 Å². The van der Waals surface area contributed by atoms with Crippen molar-refractivity contribution in [2.45, 2.75) is 25.9 Å². The van der Waals surface area contributed by atoms with Crippen molar-refractivity contribution in [3.63, 3.8) is 0 Å². The van der Waals surface area contributed by atoms with Gasteiger partial charge in [-0.3, -0.25) is 0 Å². The van der Waals surface area contributed by atoms with E-state index < -0.39 is 0 Å². The lowest BCUT2D eigenvalue weighted by Gasteiger charge is -2.11. The second-order valence-electron chi connectivity index (χ2n) is 3.19. The first kappa shape index (κ1) is 11.3. The molecule has 3 nitrogen and oxygen atoms in total. The Hall–Kier alpha value is -0.800. The highest BCUT2D eigenvalue weighted by Crippen LogP contribution is 2.11. The van der Waals surface area contributed by atoms with Crippen molar-refractivity contribution in [1.82, 2.24) is 4.98 Å². The molecule has 1 heterocycles. The minimum absolute atomic E-state index is 0.299. The van der Waals surface area contributed by atoms with Gasteiger partial charge in [0.15, 0.2) is 0 Å². The molecule has 0 fully saturated rings. The average molecular weight is 215 g/mol. The third-order valence-corrected chi connectivity index (χ3v) is 2.10. The molecule has 0 aliphatic carbocycles. The van der Waals surface area contributed by atoms with E-state index in [9.17, 15) is 5.11 Å².